The number of carbonyl (C=O) groups is 1. The highest BCUT2D eigenvalue weighted by atomic mass is 16.1. The third-order valence-electron chi connectivity index (χ3n) is 3.97. The molecular weight excluding hydrogens is 326 g/mol. The lowest BCUT2D eigenvalue weighted by Crippen LogP contribution is -2.25. The number of benzene rings is 1. The topological polar surface area (TPSA) is 71.8 Å². The van der Waals surface area contributed by atoms with E-state index in [0.29, 0.717) is 13.1 Å². The molecule has 1 amide bonds. The summed E-state index contributed by atoms with van der Waals surface area (Å²) in [7, 11) is 0. The molecule has 0 atom stereocenters. The number of para-hydroxylation sites is 1. The molecule has 0 aliphatic heterocycles. The zero-order chi connectivity index (χ0) is 18.2. The number of hydrogen-bond acceptors (Lipinski definition) is 4. The first kappa shape index (κ1) is 17.8. The first-order valence-corrected chi connectivity index (χ1v) is 8.73. The molecule has 0 bridgehead atoms. The Bertz CT molecular complexity index is 830. The molecule has 134 valence electrons. The first-order chi connectivity index (χ1) is 12.7. The normalized spacial score (nSPS) is 10.7. The lowest BCUT2D eigenvalue weighted by atomic mass is 10.1. The molecule has 0 unspecified atom stereocenters. The van der Waals surface area contributed by atoms with Crippen LogP contribution < -0.4 is 10.6 Å². The summed E-state index contributed by atoms with van der Waals surface area (Å²) < 4.78 is 1.90. The van der Waals surface area contributed by atoms with E-state index in [-0.39, 0.29) is 5.91 Å². The van der Waals surface area contributed by atoms with E-state index in [0.717, 1.165) is 35.5 Å². The van der Waals surface area contributed by atoms with Gasteiger partial charge in [0.1, 0.15) is 0 Å². The van der Waals surface area contributed by atoms with Crippen molar-refractivity contribution in [1.29, 1.82) is 0 Å². The van der Waals surface area contributed by atoms with Crippen LogP contribution in [0.5, 0.6) is 0 Å². The standard InChI is InChI=1S/C20H23N5O/c1-16(26)23-12-6-11-22-14-18-15-25(19-8-3-2-4-9-19)24-20(18)17-7-5-10-21-13-17/h2-5,7-10,13,15,22H,6,11-12,14H2,1H3,(H,23,26). The first-order valence-electron chi connectivity index (χ1n) is 8.73. The van der Waals surface area contributed by atoms with Gasteiger partial charge in [-0.25, -0.2) is 4.68 Å². The highest BCUT2D eigenvalue weighted by Gasteiger charge is 2.12. The number of amides is 1. The van der Waals surface area contributed by atoms with Crippen LogP contribution in [0.4, 0.5) is 0 Å². The minimum Gasteiger partial charge on any atom is -0.356 e. The van der Waals surface area contributed by atoms with Crippen molar-refractivity contribution in [3.63, 3.8) is 0 Å². The highest BCUT2D eigenvalue weighted by molar-refractivity contribution is 5.72. The van der Waals surface area contributed by atoms with Crippen molar-refractivity contribution in [2.75, 3.05) is 13.1 Å². The van der Waals surface area contributed by atoms with E-state index < -0.39 is 0 Å². The molecule has 3 aromatic rings. The molecule has 6 heteroatoms. The molecule has 2 N–H and O–H groups in total. The van der Waals surface area contributed by atoms with Gasteiger partial charge in [-0.2, -0.15) is 5.10 Å². The Hall–Kier alpha value is -2.99. The lowest BCUT2D eigenvalue weighted by Gasteiger charge is -2.05. The van der Waals surface area contributed by atoms with E-state index in [1.807, 2.05) is 53.3 Å². The fourth-order valence-corrected chi connectivity index (χ4v) is 2.70. The Morgan fingerprint density at radius 1 is 1.12 bits per heavy atom. The molecule has 0 aliphatic rings. The van der Waals surface area contributed by atoms with Crippen LogP contribution in [0.1, 0.15) is 18.9 Å². The lowest BCUT2D eigenvalue weighted by molar-refractivity contribution is -0.118. The Balaban J connectivity index is 1.72. The van der Waals surface area contributed by atoms with Gasteiger partial charge in [0.15, 0.2) is 0 Å². The molecule has 3 rings (SSSR count). The average Bonchev–Trinajstić information content (AvgIpc) is 3.10. The van der Waals surface area contributed by atoms with Crippen LogP contribution in [0.2, 0.25) is 0 Å². The van der Waals surface area contributed by atoms with Gasteiger partial charge in [-0.15, -0.1) is 0 Å². The molecule has 0 saturated carbocycles. The minimum absolute atomic E-state index is 0.00741. The predicted molar refractivity (Wildman–Crippen MR) is 102 cm³/mol. The maximum atomic E-state index is 10.9. The molecule has 0 fully saturated rings. The van der Waals surface area contributed by atoms with Gasteiger partial charge in [0.2, 0.25) is 5.91 Å². The number of nitrogens with one attached hydrogen (secondary N) is 2. The minimum atomic E-state index is 0.00741. The Labute approximate surface area is 153 Å². The third-order valence-corrected chi connectivity index (χ3v) is 3.97. The fraction of sp³-hybridized carbons (Fsp3) is 0.250. The maximum Gasteiger partial charge on any atom is 0.216 e. The van der Waals surface area contributed by atoms with Crippen molar-refractivity contribution < 1.29 is 4.79 Å². The fourth-order valence-electron chi connectivity index (χ4n) is 2.70. The highest BCUT2D eigenvalue weighted by Crippen LogP contribution is 2.22. The SMILES string of the molecule is CC(=O)NCCCNCc1cn(-c2ccccc2)nc1-c1cccnc1. The summed E-state index contributed by atoms with van der Waals surface area (Å²) in [6, 6.07) is 14.0. The number of rotatable bonds is 8. The van der Waals surface area contributed by atoms with Crippen molar-refractivity contribution in [2.24, 2.45) is 0 Å². The summed E-state index contributed by atoms with van der Waals surface area (Å²) in [5.41, 5.74) is 4.06. The summed E-state index contributed by atoms with van der Waals surface area (Å²) in [5.74, 6) is 0.00741. The van der Waals surface area contributed by atoms with Crippen LogP contribution in [-0.2, 0) is 11.3 Å². The molecule has 26 heavy (non-hydrogen) atoms. The summed E-state index contributed by atoms with van der Waals surface area (Å²) in [4.78, 5) is 15.1. The van der Waals surface area contributed by atoms with E-state index in [2.05, 4.69) is 21.8 Å². The van der Waals surface area contributed by atoms with Crippen LogP contribution in [0.3, 0.4) is 0 Å². The van der Waals surface area contributed by atoms with Gasteiger partial charge in [-0.1, -0.05) is 18.2 Å². The number of carbonyl (C=O) groups excluding carboxylic acids is 1. The van der Waals surface area contributed by atoms with E-state index in [1.54, 1.807) is 6.20 Å². The summed E-state index contributed by atoms with van der Waals surface area (Å²) in [6.07, 6.45) is 6.53. The van der Waals surface area contributed by atoms with Crippen LogP contribution in [0.25, 0.3) is 16.9 Å². The second-order valence-electron chi connectivity index (χ2n) is 6.04. The Morgan fingerprint density at radius 3 is 2.69 bits per heavy atom. The molecule has 6 nitrogen and oxygen atoms in total. The molecule has 1 aromatic carbocycles. The van der Waals surface area contributed by atoms with Crippen molar-refractivity contribution in [1.82, 2.24) is 25.4 Å². The van der Waals surface area contributed by atoms with E-state index in [4.69, 9.17) is 5.10 Å². The van der Waals surface area contributed by atoms with Crippen LogP contribution in [0.15, 0.2) is 61.1 Å². The van der Waals surface area contributed by atoms with Gasteiger partial charge in [0.25, 0.3) is 0 Å². The van der Waals surface area contributed by atoms with Crippen LogP contribution in [-0.4, -0.2) is 33.8 Å². The largest absolute Gasteiger partial charge is 0.356 e. The van der Waals surface area contributed by atoms with Gasteiger partial charge in [-0.3, -0.25) is 9.78 Å². The van der Waals surface area contributed by atoms with E-state index in [1.165, 1.54) is 6.92 Å². The van der Waals surface area contributed by atoms with Crippen LogP contribution in [0, 0.1) is 0 Å². The smallest absolute Gasteiger partial charge is 0.216 e. The second-order valence-corrected chi connectivity index (χ2v) is 6.04. The number of aromatic nitrogens is 3. The number of hydrogen-bond donors (Lipinski definition) is 2. The molecular formula is C20H23N5O. The van der Waals surface area contributed by atoms with Gasteiger partial charge in [-0.05, 0) is 37.2 Å². The van der Waals surface area contributed by atoms with Crippen molar-refractivity contribution in [3.8, 4) is 16.9 Å². The monoisotopic (exact) mass is 349 g/mol. The van der Waals surface area contributed by atoms with E-state index >= 15 is 0 Å². The molecule has 0 radical (unpaired) electrons. The molecule has 0 aliphatic carbocycles. The van der Waals surface area contributed by atoms with Crippen LogP contribution >= 0.6 is 0 Å². The second kappa shape index (κ2) is 8.92. The summed E-state index contributed by atoms with van der Waals surface area (Å²) >= 11 is 0. The summed E-state index contributed by atoms with van der Waals surface area (Å²) in [6.45, 7) is 3.74. The zero-order valence-corrected chi connectivity index (χ0v) is 14.9. The molecule has 0 spiro atoms. The van der Waals surface area contributed by atoms with Gasteiger partial charge < -0.3 is 10.6 Å². The van der Waals surface area contributed by atoms with Gasteiger partial charge >= 0.3 is 0 Å². The molecule has 0 saturated heterocycles. The molecule has 2 aromatic heterocycles. The van der Waals surface area contributed by atoms with Gasteiger partial charge in [0, 0.05) is 49.7 Å². The maximum absolute atomic E-state index is 10.9. The summed E-state index contributed by atoms with van der Waals surface area (Å²) in [5, 5.41) is 11.0. The predicted octanol–water partition coefficient (Wildman–Crippen LogP) is 2.55. The Kier molecular flexibility index (Phi) is 6.11. The van der Waals surface area contributed by atoms with Crippen molar-refractivity contribution >= 4 is 5.91 Å². The number of nitrogens with zero attached hydrogens (tertiary/aromatic N) is 3. The number of pyridine rings is 1. The van der Waals surface area contributed by atoms with E-state index in [9.17, 15) is 4.79 Å². The zero-order valence-electron chi connectivity index (χ0n) is 14.9. The quantitative estimate of drug-likeness (QED) is 0.613. The van der Waals surface area contributed by atoms with Gasteiger partial charge in [0.05, 0.1) is 11.4 Å². The average molecular weight is 349 g/mol. The Morgan fingerprint density at radius 2 is 1.96 bits per heavy atom. The van der Waals surface area contributed by atoms with Crippen molar-refractivity contribution in [3.05, 3.63) is 66.6 Å². The van der Waals surface area contributed by atoms with Crippen molar-refractivity contribution in [2.45, 2.75) is 19.9 Å². The third kappa shape index (κ3) is 4.77. The molecule has 2 heterocycles.